The van der Waals surface area contributed by atoms with Crippen molar-refractivity contribution in [3.8, 4) is 5.75 Å². The first-order chi connectivity index (χ1) is 16.0. The lowest BCUT2D eigenvalue weighted by atomic mass is 9.77. The van der Waals surface area contributed by atoms with Gasteiger partial charge in [-0.25, -0.2) is 4.79 Å². The van der Waals surface area contributed by atoms with Gasteiger partial charge in [0.05, 0.1) is 18.1 Å². The molecule has 186 valence electrons. The fourth-order valence-electron chi connectivity index (χ4n) is 4.57. The molecule has 0 aliphatic carbocycles. The summed E-state index contributed by atoms with van der Waals surface area (Å²) in [5, 5.41) is 0. The van der Waals surface area contributed by atoms with Crippen molar-refractivity contribution in [2.75, 3.05) is 6.61 Å². The fourth-order valence-corrected chi connectivity index (χ4v) is 4.57. The highest BCUT2D eigenvalue weighted by molar-refractivity contribution is 5.92. The SMILES string of the molecule is CCCc1ccc(C(=O)Oc2c(C)cc(C(C)(C)CCC)cc2C(C(=O)OCC)C(C)C)cc1. The Balaban J connectivity index is 2.58. The molecule has 34 heavy (non-hydrogen) atoms. The summed E-state index contributed by atoms with van der Waals surface area (Å²) in [5.41, 5.74) is 4.34. The first kappa shape index (κ1) is 27.6. The average Bonchev–Trinajstić information content (AvgIpc) is 2.76. The predicted molar refractivity (Wildman–Crippen MR) is 139 cm³/mol. The van der Waals surface area contributed by atoms with Crippen molar-refractivity contribution >= 4 is 11.9 Å². The number of hydrogen-bond acceptors (Lipinski definition) is 4. The number of rotatable bonds is 11. The minimum absolute atomic E-state index is 0.0197. The first-order valence-corrected chi connectivity index (χ1v) is 12.7. The summed E-state index contributed by atoms with van der Waals surface area (Å²) < 4.78 is 11.4. The van der Waals surface area contributed by atoms with Gasteiger partial charge in [0.2, 0.25) is 0 Å². The lowest BCUT2D eigenvalue weighted by molar-refractivity contribution is -0.146. The van der Waals surface area contributed by atoms with Crippen LogP contribution < -0.4 is 4.74 Å². The Morgan fingerprint density at radius 1 is 0.971 bits per heavy atom. The molecule has 0 bridgehead atoms. The molecule has 2 rings (SSSR count). The number of esters is 2. The summed E-state index contributed by atoms with van der Waals surface area (Å²) in [4.78, 5) is 26.1. The Morgan fingerprint density at radius 3 is 2.15 bits per heavy atom. The number of hydrogen-bond donors (Lipinski definition) is 0. The van der Waals surface area contributed by atoms with Crippen molar-refractivity contribution in [2.24, 2.45) is 5.92 Å². The number of ether oxygens (including phenoxy) is 2. The molecule has 0 heterocycles. The fraction of sp³-hybridized carbons (Fsp3) is 0.533. The van der Waals surface area contributed by atoms with Gasteiger partial charge in [-0.2, -0.15) is 0 Å². The van der Waals surface area contributed by atoms with E-state index in [1.807, 2.05) is 52.0 Å². The zero-order valence-corrected chi connectivity index (χ0v) is 22.3. The van der Waals surface area contributed by atoms with Crippen LogP contribution in [0.5, 0.6) is 5.75 Å². The summed E-state index contributed by atoms with van der Waals surface area (Å²) in [6.07, 6.45) is 4.10. The van der Waals surface area contributed by atoms with Crippen molar-refractivity contribution in [1.82, 2.24) is 0 Å². The summed E-state index contributed by atoms with van der Waals surface area (Å²) in [7, 11) is 0. The van der Waals surface area contributed by atoms with E-state index in [1.54, 1.807) is 0 Å². The van der Waals surface area contributed by atoms with Gasteiger partial charge in [-0.3, -0.25) is 4.79 Å². The van der Waals surface area contributed by atoms with E-state index in [4.69, 9.17) is 9.47 Å². The summed E-state index contributed by atoms with van der Waals surface area (Å²) in [6.45, 7) is 16.8. The molecular formula is C30H42O4. The van der Waals surface area contributed by atoms with Crippen molar-refractivity contribution < 1.29 is 19.1 Å². The second kappa shape index (κ2) is 12.2. The van der Waals surface area contributed by atoms with Gasteiger partial charge in [0.15, 0.2) is 0 Å². The van der Waals surface area contributed by atoms with Crippen molar-refractivity contribution in [3.05, 3.63) is 64.2 Å². The molecule has 0 aliphatic rings. The number of benzene rings is 2. The zero-order chi connectivity index (χ0) is 25.5. The molecular weight excluding hydrogens is 424 g/mol. The van der Waals surface area contributed by atoms with Crippen LogP contribution in [-0.2, 0) is 21.4 Å². The molecule has 0 amide bonds. The second-order valence-electron chi connectivity index (χ2n) is 10.2. The molecule has 0 aromatic heterocycles. The molecule has 0 spiro atoms. The Morgan fingerprint density at radius 2 is 1.62 bits per heavy atom. The molecule has 0 saturated heterocycles. The second-order valence-corrected chi connectivity index (χ2v) is 10.2. The quantitative estimate of drug-likeness (QED) is 0.253. The molecule has 4 heteroatoms. The smallest absolute Gasteiger partial charge is 0.343 e. The van der Waals surface area contributed by atoms with E-state index in [2.05, 4.69) is 39.8 Å². The molecule has 0 fully saturated rings. The van der Waals surface area contributed by atoms with Gasteiger partial charge in [-0.15, -0.1) is 0 Å². The third kappa shape index (κ3) is 6.71. The first-order valence-electron chi connectivity index (χ1n) is 12.7. The molecule has 2 aromatic rings. The summed E-state index contributed by atoms with van der Waals surface area (Å²) in [6, 6.07) is 11.7. The van der Waals surface area contributed by atoms with Gasteiger partial charge in [0, 0.05) is 5.56 Å². The van der Waals surface area contributed by atoms with Crippen LogP contribution in [0.3, 0.4) is 0 Å². The highest BCUT2D eigenvalue weighted by Gasteiger charge is 2.32. The highest BCUT2D eigenvalue weighted by atomic mass is 16.5. The van der Waals surface area contributed by atoms with E-state index in [0.29, 0.717) is 17.9 Å². The number of carbonyl (C=O) groups excluding carboxylic acids is 2. The number of carbonyl (C=O) groups is 2. The lowest BCUT2D eigenvalue weighted by Crippen LogP contribution is -2.24. The monoisotopic (exact) mass is 466 g/mol. The van der Waals surface area contributed by atoms with Crippen LogP contribution in [0.4, 0.5) is 0 Å². The topological polar surface area (TPSA) is 52.6 Å². The van der Waals surface area contributed by atoms with Gasteiger partial charge >= 0.3 is 11.9 Å². The van der Waals surface area contributed by atoms with E-state index in [9.17, 15) is 9.59 Å². The van der Waals surface area contributed by atoms with Crippen LogP contribution in [0, 0.1) is 12.8 Å². The molecule has 2 aromatic carbocycles. The molecule has 1 unspecified atom stereocenters. The Labute approximate surface area is 206 Å². The Hall–Kier alpha value is -2.62. The van der Waals surface area contributed by atoms with Crippen LogP contribution >= 0.6 is 0 Å². The van der Waals surface area contributed by atoms with Gasteiger partial charge in [-0.05, 0) is 66.8 Å². The van der Waals surface area contributed by atoms with Gasteiger partial charge in [0.1, 0.15) is 5.75 Å². The highest BCUT2D eigenvalue weighted by Crippen LogP contribution is 2.40. The van der Waals surface area contributed by atoms with E-state index in [0.717, 1.165) is 42.4 Å². The third-order valence-corrected chi connectivity index (χ3v) is 6.43. The minimum atomic E-state index is -0.522. The average molecular weight is 467 g/mol. The normalized spacial score (nSPS) is 12.5. The maximum Gasteiger partial charge on any atom is 0.343 e. The van der Waals surface area contributed by atoms with Crippen LogP contribution in [0.2, 0.25) is 0 Å². The van der Waals surface area contributed by atoms with Gasteiger partial charge in [-0.1, -0.05) is 78.6 Å². The van der Waals surface area contributed by atoms with Crippen LogP contribution in [-0.4, -0.2) is 18.5 Å². The largest absolute Gasteiger partial charge is 0.466 e. The van der Waals surface area contributed by atoms with E-state index < -0.39 is 11.9 Å². The lowest BCUT2D eigenvalue weighted by Gasteiger charge is -2.29. The molecule has 0 saturated carbocycles. The zero-order valence-electron chi connectivity index (χ0n) is 22.3. The Kier molecular flexibility index (Phi) is 9.90. The molecule has 0 aliphatic heterocycles. The van der Waals surface area contributed by atoms with E-state index >= 15 is 0 Å². The Bertz CT molecular complexity index is 970. The summed E-state index contributed by atoms with van der Waals surface area (Å²) in [5.74, 6) is -0.784. The standard InChI is InChI=1S/C30H42O4/c1-9-12-22-13-15-23(16-14-22)28(31)34-27-21(6)18-24(30(7,8)17-10-2)19-25(27)26(20(4)5)29(32)33-11-3/h13-16,18-20,26H,9-12,17H2,1-8H3. The van der Waals surface area contributed by atoms with E-state index in [-0.39, 0.29) is 17.3 Å². The maximum absolute atomic E-state index is 13.1. The van der Waals surface area contributed by atoms with Crippen LogP contribution in [0.15, 0.2) is 36.4 Å². The molecule has 4 nitrogen and oxygen atoms in total. The molecule has 0 N–H and O–H groups in total. The third-order valence-electron chi connectivity index (χ3n) is 6.43. The van der Waals surface area contributed by atoms with E-state index in [1.165, 1.54) is 5.56 Å². The molecule has 1 atom stereocenters. The molecule has 0 radical (unpaired) electrons. The maximum atomic E-state index is 13.1. The van der Waals surface area contributed by atoms with Gasteiger partial charge in [0.25, 0.3) is 0 Å². The van der Waals surface area contributed by atoms with Crippen LogP contribution in [0.1, 0.15) is 106 Å². The number of aryl methyl sites for hydroxylation is 2. The summed E-state index contributed by atoms with van der Waals surface area (Å²) >= 11 is 0. The van der Waals surface area contributed by atoms with Gasteiger partial charge < -0.3 is 9.47 Å². The van der Waals surface area contributed by atoms with Crippen molar-refractivity contribution in [1.29, 1.82) is 0 Å². The van der Waals surface area contributed by atoms with Crippen molar-refractivity contribution in [2.45, 2.75) is 92.4 Å². The predicted octanol–water partition coefficient (Wildman–Crippen LogP) is 7.55. The van der Waals surface area contributed by atoms with Crippen LogP contribution in [0.25, 0.3) is 0 Å². The minimum Gasteiger partial charge on any atom is -0.466 e. The van der Waals surface area contributed by atoms with Crippen molar-refractivity contribution in [3.63, 3.8) is 0 Å².